The molecule has 0 aromatic heterocycles. The molecule has 0 bridgehead atoms. The summed E-state index contributed by atoms with van der Waals surface area (Å²) in [7, 11) is -5.71. The molecule has 1 saturated heterocycles. The number of anilines is 1. The van der Waals surface area contributed by atoms with Crippen molar-refractivity contribution in [2.75, 3.05) is 84.1 Å². The lowest BCUT2D eigenvalue weighted by Crippen LogP contribution is -2.36. The molecule has 20 heteroatoms. The van der Waals surface area contributed by atoms with Gasteiger partial charge in [-0.25, -0.2) is 9.37 Å². The highest BCUT2D eigenvalue weighted by atomic mass is 32.2. The molecule has 18 nitrogen and oxygen atoms in total. The number of allylic oxidation sites excluding steroid dienone is 3. The second-order valence-electron chi connectivity index (χ2n) is 18.0. The highest BCUT2D eigenvalue weighted by Crippen LogP contribution is 2.51. The summed E-state index contributed by atoms with van der Waals surface area (Å²) in [5.41, 5.74) is 2.53. The van der Waals surface area contributed by atoms with Gasteiger partial charge in [-0.05, 0) is 91.6 Å². The first kappa shape index (κ1) is 57.8. The van der Waals surface area contributed by atoms with Crippen molar-refractivity contribution in [3.8, 4) is 11.3 Å². The second kappa shape index (κ2) is 26.6. The molecule has 0 saturated carbocycles. The maximum absolute atomic E-state index is 12.5. The van der Waals surface area contributed by atoms with Crippen LogP contribution in [0.1, 0.15) is 110 Å². The van der Waals surface area contributed by atoms with Gasteiger partial charge in [0.25, 0.3) is 32.1 Å². The Labute approximate surface area is 413 Å². The van der Waals surface area contributed by atoms with E-state index >= 15 is 0 Å². The number of carbonyl (C=O) groups is 3. The van der Waals surface area contributed by atoms with Gasteiger partial charge in [-0.3, -0.25) is 18.7 Å². The predicted octanol–water partition coefficient (Wildman–Crippen LogP) is 6.56. The summed E-state index contributed by atoms with van der Waals surface area (Å²) >= 11 is 0. The van der Waals surface area contributed by atoms with Crippen LogP contribution in [-0.2, 0) is 69.2 Å². The number of hydroxylamine groups is 2. The van der Waals surface area contributed by atoms with Crippen molar-refractivity contribution in [1.82, 2.24) is 9.64 Å². The minimum atomic E-state index is -4.63. The maximum atomic E-state index is 12.5. The summed E-state index contributed by atoms with van der Waals surface area (Å²) < 4.78 is 99.1. The highest BCUT2D eigenvalue weighted by Gasteiger charge is 2.44. The number of benzene rings is 2. The molecule has 1 unspecified atom stereocenters. The van der Waals surface area contributed by atoms with Gasteiger partial charge in [-0.15, -0.1) is 5.06 Å². The van der Waals surface area contributed by atoms with E-state index in [0.29, 0.717) is 112 Å². The van der Waals surface area contributed by atoms with E-state index < -0.39 is 49.2 Å². The van der Waals surface area contributed by atoms with E-state index in [0.717, 1.165) is 16.5 Å². The summed E-state index contributed by atoms with van der Waals surface area (Å²) in [4.78, 5) is 43.0. The third kappa shape index (κ3) is 16.4. The standard InChI is InChI=1S/C48H65N3O15S2.C2H6/c1-47(2,3)39-33-36(65-42-32-35(15-17-38(39)42)49(23-25-63-29-27-61-5)24-26-64-30-28-62-6)12-10-13-43-48(4,21-11-31-67(55,56)57)40-34-37(68(58,59)60)16-18-41(40)50(43)22-9-7-8-14-46(54)66-51-44(52)19-20-45(51)53;1-2/h10,12-13,15-18,32-34H,7-9,11,14,19-31H2,1-6H3,(H-,55,56,57,58,59,60);1-2H3/p+1. The lowest BCUT2D eigenvalue weighted by Gasteiger charge is -2.30. The Bertz CT molecular complexity index is 2550. The van der Waals surface area contributed by atoms with Gasteiger partial charge >= 0.3 is 5.97 Å². The lowest BCUT2D eigenvalue weighted by molar-refractivity contribution is -0.197. The Hall–Kier alpha value is -4.80. The van der Waals surface area contributed by atoms with E-state index in [1.165, 1.54) is 12.1 Å². The summed E-state index contributed by atoms with van der Waals surface area (Å²) in [6.07, 6.45) is 7.08. The Balaban J connectivity index is 0.00000526. The number of imide groups is 1. The van der Waals surface area contributed by atoms with Crippen LogP contribution in [0, 0.1) is 0 Å². The number of amides is 2. The lowest BCUT2D eigenvalue weighted by atomic mass is 9.77. The van der Waals surface area contributed by atoms with Crippen LogP contribution >= 0.6 is 0 Å². The van der Waals surface area contributed by atoms with Gasteiger partial charge in [0.15, 0.2) is 13.1 Å². The molecule has 1 fully saturated rings. The van der Waals surface area contributed by atoms with Gasteiger partial charge in [0.1, 0.15) is 24.7 Å². The third-order valence-electron chi connectivity index (χ3n) is 11.9. The molecule has 0 spiro atoms. The first-order chi connectivity index (χ1) is 33.2. The van der Waals surface area contributed by atoms with Crippen molar-refractivity contribution in [2.24, 2.45) is 0 Å². The van der Waals surface area contributed by atoms with Crippen molar-refractivity contribution in [3.63, 3.8) is 0 Å². The van der Waals surface area contributed by atoms with Gasteiger partial charge in [0, 0.05) is 68.5 Å². The molecule has 5 rings (SSSR count). The molecule has 2 N–H and O–H groups in total. The first-order valence-corrected chi connectivity index (χ1v) is 26.8. The van der Waals surface area contributed by atoms with Gasteiger partial charge in [-0.2, -0.15) is 16.8 Å². The summed E-state index contributed by atoms with van der Waals surface area (Å²) in [5, 5.41) is 1.43. The van der Waals surface area contributed by atoms with Crippen molar-refractivity contribution < 1.29 is 68.5 Å². The van der Waals surface area contributed by atoms with Crippen molar-refractivity contribution >= 4 is 49.8 Å². The number of methoxy groups -OCH3 is 2. The van der Waals surface area contributed by atoms with E-state index in [-0.39, 0.29) is 42.4 Å². The number of hydrogen-bond donors (Lipinski definition) is 2. The zero-order valence-corrected chi connectivity index (χ0v) is 43.5. The van der Waals surface area contributed by atoms with Crippen LogP contribution in [-0.4, -0.2) is 128 Å². The van der Waals surface area contributed by atoms with E-state index in [1.54, 1.807) is 20.3 Å². The second-order valence-corrected chi connectivity index (χ2v) is 21.0. The van der Waals surface area contributed by atoms with Gasteiger partial charge < -0.3 is 33.1 Å². The zero-order chi connectivity index (χ0) is 51.7. The fraction of sp³-hybridized carbons (Fsp3) is 0.560. The fourth-order valence-electron chi connectivity index (χ4n) is 8.36. The van der Waals surface area contributed by atoms with E-state index in [2.05, 4.69) is 37.5 Å². The predicted molar refractivity (Wildman–Crippen MR) is 265 cm³/mol. The Morgan fingerprint density at radius 1 is 0.843 bits per heavy atom. The molecule has 388 valence electrons. The van der Waals surface area contributed by atoms with E-state index in [1.807, 2.05) is 56.0 Å². The normalized spacial score (nSPS) is 16.9. The third-order valence-corrected chi connectivity index (χ3v) is 13.5. The Morgan fingerprint density at radius 3 is 2.07 bits per heavy atom. The number of hydrogen-bond acceptors (Lipinski definition) is 14. The van der Waals surface area contributed by atoms with Crippen LogP contribution < -0.4 is 14.8 Å². The van der Waals surface area contributed by atoms with Gasteiger partial charge in [0.2, 0.25) is 5.36 Å². The molecule has 1 atom stereocenters. The summed E-state index contributed by atoms with van der Waals surface area (Å²) in [6.45, 7) is 16.6. The SMILES string of the molecule is CC.COCCOCC[N+](CCOCCOC)=c1ccc2c(C(C)(C)C)cc(/C=C/C=C3/N(CCCCCC(=O)ON4C(=O)CCC4=O)c4ccc(S(=O)(=O)O)cc4C3(C)CCCS(=O)(=O)O)oc-2c1. The number of rotatable bonds is 26. The monoisotopic (exact) mass is 1020 g/mol. The average molecular weight is 1020 g/mol. The zero-order valence-electron chi connectivity index (χ0n) is 41.9. The van der Waals surface area contributed by atoms with Gasteiger partial charge in [0.05, 0.1) is 43.1 Å². The van der Waals surface area contributed by atoms with Crippen LogP contribution in [0.25, 0.3) is 17.4 Å². The quantitative estimate of drug-likeness (QED) is 0.0375. The van der Waals surface area contributed by atoms with Crippen LogP contribution in [0.2, 0.25) is 0 Å². The topological polar surface area (TPSA) is 229 Å². The fourth-order valence-corrected chi connectivity index (χ4v) is 9.38. The number of carbonyl (C=O) groups excluding carboxylic acids is 3. The highest BCUT2D eigenvalue weighted by molar-refractivity contribution is 7.86. The molecule has 3 heterocycles. The molecule has 0 radical (unpaired) electrons. The van der Waals surface area contributed by atoms with Crippen LogP contribution in [0.4, 0.5) is 5.69 Å². The number of ether oxygens (including phenoxy) is 4. The summed E-state index contributed by atoms with van der Waals surface area (Å²) in [6, 6.07) is 12.4. The average Bonchev–Trinajstić information content (AvgIpc) is 3.73. The molecule has 70 heavy (non-hydrogen) atoms. The van der Waals surface area contributed by atoms with Crippen molar-refractivity contribution in [1.29, 1.82) is 0 Å². The minimum Gasteiger partial charge on any atom is -0.456 e. The van der Waals surface area contributed by atoms with Gasteiger partial charge in [-0.1, -0.05) is 47.1 Å². The van der Waals surface area contributed by atoms with Crippen molar-refractivity contribution in [2.45, 2.75) is 109 Å². The Kier molecular flexibility index (Phi) is 21.9. The largest absolute Gasteiger partial charge is 0.456 e. The van der Waals surface area contributed by atoms with E-state index in [9.17, 15) is 40.3 Å². The maximum Gasteiger partial charge on any atom is 0.333 e. The molecule has 4 aliphatic rings. The molecular formula is C50H72N3O15S2+. The van der Waals surface area contributed by atoms with E-state index in [4.69, 9.17) is 28.2 Å². The Morgan fingerprint density at radius 2 is 1.49 bits per heavy atom. The van der Waals surface area contributed by atoms with Crippen molar-refractivity contribution in [3.05, 3.63) is 82.6 Å². The number of unbranched alkanes of at least 4 members (excludes halogenated alkanes) is 2. The smallest absolute Gasteiger partial charge is 0.333 e. The van der Waals surface area contributed by atoms with Crippen LogP contribution in [0.5, 0.6) is 0 Å². The molecule has 1 aromatic carbocycles. The molecule has 3 aliphatic heterocycles. The summed E-state index contributed by atoms with van der Waals surface area (Å²) in [5.74, 6) is -1.16. The molecule has 1 aliphatic carbocycles. The minimum absolute atomic E-state index is 0.0101. The van der Waals surface area contributed by atoms with Crippen LogP contribution in [0.15, 0.2) is 69.6 Å². The van der Waals surface area contributed by atoms with Crippen LogP contribution in [0.3, 0.4) is 0 Å². The molecular weight excluding hydrogens is 947 g/mol. The molecule has 1 aromatic rings. The molecule has 2 amide bonds. The number of fused-ring (bicyclic) bond motifs is 2. The first-order valence-electron chi connectivity index (χ1n) is 23.8. The number of nitrogens with zero attached hydrogens (tertiary/aromatic N) is 3.